The molecular weight excluding hydrogens is 268 g/mol. The van der Waals surface area contributed by atoms with Gasteiger partial charge in [0.15, 0.2) is 0 Å². The molecule has 2 rings (SSSR count). The van der Waals surface area contributed by atoms with Gasteiger partial charge < -0.3 is 5.32 Å². The molecule has 0 aliphatic rings. The quantitative estimate of drug-likeness (QED) is 0.835. The van der Waals surface area contributed by atoms with Crippen LogP contribution in [0.3, 0.4) is 0 Å². The Balaban J connectivity index is 2.18. The molecule has 0 bridgehead atoms. The van der Waals surface area contributed by atoms with E-state index in [0.29, 0.717) is 5.56 Å². The molecule has 0 heterocycles. The molecule has 0 aliphatic heterocycles. The summed E-state index contributed by atoms with van der Waals surface area (Å²) in [5.41, 5.74) is 3.94. The molecule has 0 spiro atoms. The van der Waals surface area contributed by atoms with Crippen LogP contribution in [-0.4, -0.2) is 0 Å². The fourth-order valence-electron chi connectivity index (χ4n) is 2.71. The molecule has 0 amide bonds. The first kappa shape index (κ1) is 15.6. The van der Waals surface area contributed by atoms with Crippen molar-refractivity contribution in [2.75, 3.05) is 0 Å². The van der Waals surface area contributed by atoms with Crippen LogP contribution in [0.15, 0.2) is 36.4 Å². The van der Waals surface area contributed by atoms with Gasteiger partial charge in [0.05, 0.1) is 0 Å². The van der Waals surface area contributed by atoms with Gasteiger partial charge in [0.25, 0.3) is 0 Å². The van der Waals surface area contributed by atoms with Gasteiger partial charge in [-0.05, 0) is 57.0 Å². The van der Waals surface area contributed by atoms with E-state index in [1.807, 2.05) is 13.8 Å². The minimum atomic E-state index is -0.417. The minimum absolute atomic E-state index is 0.0586. The van der Waals surface area contributed by atoms with Crippen molar-refractivity contribution < 1.29 is 8.78 Å². The lowest BCUT2D eigenvalue weighted by Gasteiger charge is -2.22. The van der Waals surface area contributed by atoms with E-state index in [0.717, 1.165) is 6.07 Å². The van der Waals surface area contributed by atoms with Gasteiger partial charge in [0.2, 0.25) is 0 Å². The molecule has 3 heteroatoms. The Bertz CT molecular complexity index is 637. The fourth-order valence-corrected chi connectivity index (χ4v) is 2.71. The zero-order valence-electron chi connectivity index (χ0n) is 12.9. The van der Waals surface area contributed by atoms with Gasteiger partial charge in [-0.15, -0.1) is 0 Å². The predicted molar refractivity (Wildman–Crippen MR) is 82.2 cm³/mol. The summed E-state index contributed by atoms with van der Waals surface area (Å²) < 4.78 is 27.1. The van der Waals surface area contributed by atoms with E-state index in [2.05, 4.69) is 37.4 Å². The highest BCUT2D eigenvalue weighted by Gasteiger charge is 2.16. The van der Waals surface area contributed by atoms with Crippen LogP contribution in [0.4, 0.5) is 8.78 Å². The van der Waals surface area contributed by atoms with E-state index in [1.54, 1.807) is 0 Å². The zero-order valence-corrected chi connectivity index (χ0v) is 12.9. The molecule has 0 saturated carbocycles. The average molecular weight is 289 g/mol. The van der Waals surface area contributed by atoms with Crippen molar-refractivity contribution in [1.29, 1.82) is 0 Å². The van der Waals surface area contributed by atoms with Crippen LogP contribution < -0.4 is 5.32 Å². The lowest BCUT2D eigenvalue weighted by atomic mass is 9.98. The zero-order chi connectivity index (χ0) is 15.6. The molecule has 0 aliphatic carbocycles. The Kier molecular flexibility index (Phi) is 4.73. The molecule has 0 radical (unpaired) electrons. The molecule has 1 N–H and O–H groups in total. The normalized spacial score (nSPS) is 14.0. The minimum Gasteiger partial charge on any atom is -0.304 e. The van der Waals surface area contributed by atoms with Gasteiger partial charge in [0.1, 0.15) is 11.6 Å². The molecule has 2 unspecified atom stereocenters. The van der Waals surface area contributed by atoms with Crippen LogP contribution in [0.25, 0.3) is 0 Å². The molecule has 112 valence electrons. The number of hydrogen-bond donors (Lipinski definition) is 1. The molecule has 0 fully saturated rings. The molecule has 21 heavy (non-hydrogen) atoms. The Morgan fingerprint density at radius 1 is 0.857 bits per heavy atom. The summed E-state index contributed by atoms with van der Waals surface area (Å²) in [5.74, 6) is -0.802. The Hall–Kier alpha value is -1.74. The summed E-state index contributed by atoms with van der Waals surface area (Å²) in [5, 5.41) is 3.33. The number of rotatable bonds is 4. The van der Waals surface area contributed by atoms with E-state index >= 15 is 0 Å². The van der Waals surface area contributed by atoms with E-state index in [-0.39, 0.29) is 17.9 Å². The highest BCUT2D eigenvalue weighted by Crippen LogP contribution is 2.24. The lowest BCUT2D eigenvalue weighted by Crippen LogP contribution is -2.24. The maximum Gasteiger partial charge on any atom is 0.128 e. The fraction of sp³-hybridized carbons (Fsp3) is 0.333. The number of halogens is 2. The molecule has 2 aromatic rings. The van der Waals surface area contributed by atoms with E-state index in [1.165, 1.54) is 28.8 Å². The van der Waals surface area contributed by atoms with Gasteiger partial charge in [-0.3, -0.25) is 0 Å². The Morgan fingerprint density at radius 3 is 2.19 bits per heavy atom. The second-order valence-corrected chi connectivity index (χ2v) is 5.64. The second kappa shape index (κ2) is 6.35. The number of nitrogens with one attached hydrogen (secondary N) is 1. The maximum atomic E-state index is 13.8. The van der Waals surface area contributed by atoms with Crippen LogP contribution in [-0.2, 0) is 0 Å². The largest absolute Gasteiger partial charge is 0.304 e. The smallest absolute Gasteiger partial charge is 0.128 e. The number of benzene rings is 2. The van der Waals surface area contributed by atoms with Gasteiger partial charge >= 0.3 is 0 Å². The molecular formula is C18H21F2N. The van der Waals surface area contributed by atoms with Crippen molar-refractivity contribution in [2.24, 2.45) is 0 Å². The van der Waals surface area contributed by atoms with Crippen LogP contribution in [0.5, 0.6) is 0 Å². The summed E-state index contributed by atoms with van der Waals surface area (Å²) in [6.07, 6.45) is 0. The summed E-state index contributed by atoms with van der Waals surface area (Å²) in [7, 11) is 0. The second-order valence-electron chi connectivity index (χ2n) is 5.64. The standard InChI is InChI=1S/C18H21F2N/c1-11-5-7-16(12(2)9-11)13(3)21-14(4)17-10-15(19)6-8-18(17)20/h5-10,13-14,21H,1-4H3. The van der Waals surface area contributed by atoms with Crippen molar-refractivity contribution >= 4 is 0 Å². The SMILES string of the molecule is Cc1ccc(C(C)NC(C)c2cc(F)ccc2F)c(C)c1. The van der Waals surface area contributed by atoms with Crippen LogP contribution >= 0.6 is 0 Å². The first-order valence-electron chi connectivity index (χ1n) is 7.16. The molecule has 2 atom stereocenters. The van der Waals surface area contributed by atoms with Gasteiger partial charge in [-0.1, -0.05) is 23.8 Å². The predicted octanol–water partition coefficient (Wildman–Crippen LogP) is 4.99. The molecule has 1 nitrogen and oxygen atoms in total. The topological polar surface area (TPSA) is 12.0 Å². The van der Waals surface area contributed by atoms with Crippen LogP contribution in [0, 0.1) is 25.5 Å². The van der Waals surface area contributed by atoms with Crippen molar-refractivity contribution in [3.63, 3.8) is 0 Å². The van der Waals surface area contributed by atoms with Crippen molar-refractivity contribution in [3.05, 3.63) is 70.3 Å². The molecule has 0 aromatic heterocycles. The highest BCUT2D eigenvalue weighted by atomic mass is 19.1. The summed E-state index contributed by atoms with van der Waals surface area (Å²) in [6.45, 7) is 8.00. The first-order valence-corrected chi connectivity index (χ1v) is 7.16. The number of aryl methyl sites for hydroxylation is 2. The van der Waals surface area contributed by atoms with Gasteiger partial charge in [-0.25, -0.2) is 8.78 Å². The Morgan fingerprint density at radius 2 is 1.52 bits per heavy atom. The monoisotopic (exact) mass is 289 g/mol. The highest BCUT2D eigenvalue weighted by molar-refractivity contribution is 5.33. The Labute approximate surface area is 125 Å². The third-order valence-corrected chi connectivity index (χ3v) is 3.82. The first-order chi connectivity index (χ1) is 9.88. The van der Waals surface area contributed by atoms with E-state index < -0.39 is 5.82 Å². The van der Waals surface area contributed by atoms with E-state index in [4.69, 9.17) is 0 Å². The van der Waals surface area contributed by atoms with Gasteiger partial charge in [-0.2, -0.15) is 0 Å². The van der Waals surface area contributed by atoms with E-state index in [9.17, 15) is 8.78 Å². The molecule has 2 aromatic carbocycles. The average Bonchev–Trinajstić information content (AvgIpc) is 2.41. The summed E-state index contributed by atoms with van der Waals surface area (Å²) in [4.78, 5) is 0. The van der Waals surface area contributed by atoms with Crippen LogP contribution in [0.1, 0.15) is 48.2 Å². The molecule has 0 saturated heterocycles. The third kappa shape index (κ3) is 3.67. The summed E-state index contributed by atoms with van der Waals surface area (Å²) in [6, 6.07) is 9.62. The number of hydrogen-bond acceptors (Lipinski definition) is 1. The van der Waals surface area contributed by atoms with Crippen molar-refractivity contribution in [1.82, 2.24) is 5.32 Å². The van der Waals surface area contributed by atoms with Gasteiger partial charge in [0, 0.05) is 17.6 Å². The van der Waals surface area contributed by atoms with Crippen molar-refractivity contribution in [2.45, 2.75) is 39.8 Å². The third-order valence-electron chi connectivity index (χ3n) is 3.82. The lowest BCUT2D eigenvalue weighted by molar-refractivity contribution is 0.468. The summed E-state index contributed by atoms with van der Waals surface area (Å²) >= 11 is 0. The van der Waals surface area contributed by atoms with Crippen LogP contribution in [0.2, 0.25) is 0 Å². The van der Waals surface area contributed by atoms with Crippen molar-refractivity contribution in [3.8, 4) is 0 Å². The maximum absolute atomic E-state index is 13.8.